The number of rotatable bonds is 3. The molecule has 0 radical (unpaired) electrons. The normalized spacial score (nSPS) is 10.6. The van der Waals surface area contributed by atoms with E-state index in [4.69, 9.17) is 23.2 Å². The van der Waals surface area contributed by atoms with E-state index < -0.39 is 11.8 Å². The number of carbonyl (C=O) groups is 2. The van der Waals surface area contributed by atoms with Gasteiger partial charge in [-0.2, -0.15) is 5.10 Å². The second kappa shape index (κ2) is 7.21. The van der Waals surface area contributed by atoms with Crippen molar-refractivity contribution in [1.82, 2.24) is 5.43 Å². The Morgan fingerprint density at radius 1 is 1.19 bits per heavy atom. The number of benzene rings is 1. The number of hydrazone groups is 1. The summed E-state index contributed by atoms with van der Waals surface area (Å²) in [5.74, 6) is -1.79. The van der Waals surface area contributed by atoms with E-state index in [0.717, 1.165) is 4.88 Å². The molecule has 0 bridgehead atoms. The number of thiophene rings is 1. The Labute approximate surface area is 134 Å². The molecule has 5 nitrogen and oxygen atoms in total. The number of hydrogen-bond donors (Lipinski definition) is 2. The van der Waals surface area contributed by atoms with E-state index in [9.17, 15) is 9.59 Å². The summed E-state index contributed by atoms with van der Waals surface area (Å²) in [4.78, 5) is 24.1. The van der Waals surface area contributed by atoms with Crippen LogP contribution < -0.4 is 10.7 Å². The Balaban J connectivity index is 1.93. The Bertz CT molecular complexity index is 687. The van der Waals surface area contributed by atoms with Gasteiger partial charge in [-0.25, -0.2) is 5.43 Å². The molecule has 8 heteroatoms. The molecule has 0 fully saturated rings. The van der Waals surface area contributed by atoms with Crippen LogP contribution in [0.2, 0.25) is 10.0 Å². The molecule has 2 rings (SSSR count). The molecule has 0 aliphatic carbocycles. The number of nitrogens with zero attached hydrogens (tertiary/aromatic N) is 1. The maximum absolute atomic E-state index is 11.7. The molecule has 0 spiro atoms. The molecule has 0 aliphatic rings. The number of halogens is 2. The zero-order chi connectivity index (χ0) is 15.2. The number of anilines is 1. The standard InChI is InChI=1S/C13H9Cl2N3O2S/c14-8-3-4-10(15)11(6-8)17-12(19)13(20)18-16-7-9-2-1-5-21-9/h1-7H,(H,17,19)(H,18,20). The lowest BCUT2D eigenvalue weighted by Crippen LogP contribution is -2.32. The summed E-state index contributed by atoms with van der Waals surface area (Å²) in [6, 6.07) is 8.22. The molecule has 0 saturated carbocycles. The van der Waals surface area contributed by atoms with E-state index >= 15 is 0 Å². The molecule has 2 amide bonds. The lowest BCUT2D eigenvalue weighted by Gasteiger charge is -2.06. The minimum atomic E-state index is -0.904. The molecule has 108 valence electrons. The molecule has 1 heterocycles. The zero-order valence-electron chi connectivity index (χ0n) is 10.5. The lowest BCUT2D eigenvalue weighted by atomic mass is 10.3. The van der Waals surface area contributed by atoms with Gasteiger partial charge in [-0.15, -0.1) is 11.3 Å². The van der Waals surface area contributed by atoms with Crippen molar-refractivity contribution >= 4 is 58.3 Å². The number of nitrogens with one attached hydrogen (secondary N) is 2. The van der Waals surface area contributed by atoms with Gasteiger partial charge < -0.3 is 5.32 Å². The molecular weight excluding hydrogens is 333 g/mol. The predicted octanol–water partition coefficient (Wildman–Crippen LogP) is 3.14. The SMILES string of the molecule is O=C(NN=Cc1cccs1)C(=O)Nc1cc(Cl)ccc1Cl. The summed E-state index contributed by atoms with van der Waals surface area (Å²) in [5.41, 5.74) is 2.38. The van der Waals surface area contributed by atoms with Crippen molar-refractivity contribution in [2.24, 2.45) is 5.10 Å². The van der Waals surface area contributed by atoms with E-state index in [1.54, 1.807) is 6.07 Å². The van der Waals surface area contributed by atoms with Crippen LogP contribution in [0.5, 0.6) is 0 Å². The molecule has 2 aromatic rings. The Morgan fingerprint density at radius 3 is 2.71 bits per heavy atom. The summed E-state index contributed by atoms with van der Waals surface area (Å²) in [5, 5.41) is 8.58. The predicted molar refractivity (Wildman–Crippen MR) is 85.1 cm³/mol. The Kier molecular flexibility index (Phi) is 5.32. The molecular formula is C13H9Cl2N3O2S. The first-order chi connectivity index (χ1) is 10.1. The summed E-state index contributed by atoms with van der Waals surface area (Å²) in [6.45, 7) is 0. The fourth-order valence-corrected chi connectivity index (χ4v) is 2.26. The summed E-state index contributed by atoms with van der Waals surface area (Å²) in [7, 11) is 0. The van der Waals surface area contributed by atoms with E-state index in [2.05, 4.69) is 15.8 Å². The first kappa shape index (κ1) is 15.5. The molecule has 2 N–H and O–H groups in total. The van der Waals surface area contributed by atoms with E-state index in [0.29, 0.717) is 5.02 Å². The van der Waals surface area contributed by atoms with Crippen LogP contribution in [0, 0.1) is 0 Å². The number of amides is 2. The van der Waals surface area contributed by atoms with Gasteiger partial charge in [0.15, 0.2) is 0 Å². The van der Waals surface area contributed by atoms with Crippen LogP contribution >= 0.6 is 34.5 Å². The summed E-state index contributed by atoms with van der Waals surface area (Å²) >= 11 is 13.1. The van der Waals surface area contributed by atoms with Gasteiger partial charge in [-0.1, -0.05) is 29.3 Å². The highest BCUT2D eigenvalue weighted by molar-refractivity contribution is 7.11. The highest BCUT2D eigenvalue weighted by atomic mass is 35.5. The topological polar surface area (TPSA) is 70.6 Å². The van der Waals surface area contributed by atoms with E-state index in [1.807, 2.05) is 17.5 Å². The van der Waals surface area contributed by atoms with Gasteiger partial charge in [0.05, 0.1) is 16.9 Å². The van der Waals surface area contributed by atoms with Crippen LogP contribution in [0.3, 0.4) is 0 Å². The maximum atomic E-state index is 11.7. The van der Waals surface area contributed by atoms with Gasteiger partial charge in [0.25, 0.3) is 0 Å². The minimum absolute atomic E-state index is 0.256. The molecule has 0 atom stereocenters. The first-order valence-electron chi connectivity index (χ1n) is 5.69. The molecule has 0 aliphatic heterocycles. The smallest absolute Gasteiger partial charge is 0.316 e. The van der Waals surface area contributed by atoms with Crippen molar-refractivity contribution in [2.75, 3.05) is 5.32 Å². The van der Waals surface area contributed by atoms with Crippen LogP contribution in [0.25, 0.3) is 0 Å². The summed E-state index contributed by atoms with van der Waals surface area (Å²) < 4.78 is 0. The fourth-order valence-electron chi connectivity index (χ4n) is 1.34. The lowest BCUT2D eigenvalue weighted by molar-refractivity contribution is -0.136. The van der Waals surface area contributed by atoms with Crippen molar-refractivity contribution in [3.63, 3.8) is 0 Å². The van der Waals surface area contributed by atoms with Gasteiger partial charge >= 0.3 is 11.8 Å². The second-order valence-electron chi connectivity index (χ2n) is 3.79. The molecule has 0 saturated heterocycles. The molecule has 21 heavy (non-hydrogen) atoms. The largest absolute Gasteiger partial charge is 0.329 e. The van der Waals surface area contributed by atoms with Crippen LogP contribution in [0.4, 0.5) is 5.69 Å². The van der Waals surface area contributed by atoms with E-state index in [1.165, 1.54) is 29.7 Å². The van der Waals surface area contributed by atoms with Crippen molar-refractivity contribution in [3.8, 4) is 0 Å². The third-order valence-electron chi connectivity index (χ3n) is 2.28. The maximum Gasteiger partial charge on any atom is 0.329 e. The average molecular weight is 342 g/mol. The quantitative estimate of drug-likeness (QED) is 0.511. The third kappa shape index (κ3) is 4.56. The van der Waals surface area contributed by atoms with Crippen LogP contribution in [0.1, 0.15) is 4.88 Å². The highest BCUT2D eigenvalue weighted by Gasteiger charge is 2.14. The zero-order valence-corrected chi connectivity index (χ0v) is 12.8. The number of hydrogen-bond acceptors (Lipinski definition) is 4. The van der Waals surface area contributed by atoms with Crippen molar-refractivity contribution in [1.29, 1.82) is 0 Å². The van der Waals surface area contributed by atoms with Gasteiger partial charge in [0, 0.05) is 9.90 Å². The van der Waals surface area contributed by atoms with Crippen LogP contribution in [0.15, 0.2) is 40.8 Å². The average Bonchev–Trinajstić information content (AvgIpc) is 2.96. The summed E-state index contributed by atoms with van der Waals surface area (Å²) in [6.07, 6.45) is 1.45. The molecule has 1 aromatic heterocycles. The van der Waals surface area contributed by atoms with Crippen molar-refractivity contribution in [2.45, 2.75) is 0 Å². The molecule has 0 unspecified atom stereocenters. The van der Waals surface area contributed by atoms with Crippen molar-refractivity contribution in [3.05, 3.63) is 50.6 Å². The monoisotopic (exact) mass is 341 g/mol. The Hall–Kier alpha value is -1.89. The first-order valence-corrected chi connectivity index (χ1v) is 7.33. The minimum Gasteiger partial charge on any atom is -0.316 e. The molecule has 1 aromatic carbocycles. The van der Waals surface area contributed by atoms with Gasteiger partial charge in [0.2, 0.25) is 0 Å². The van der Waals surface area contributed by atoms with Gasteiger partial charge in [-0.05, 0) is 29.6 Å². The van der Waals surface area contributed by atoms with Gasteiger partial charge in [0.1, 0.15) is 0 Å². The number of carbonyl (C=O) groups excluding carboxylic acids is 2. The Morgan fingerprint density at radius 2 is 2.00 bits per heavy atom. The van der Waals surface area contributed by atoms with Crippen molar-refractivity contribution < 1.29 is 9.59 Å². The highest BCUT2D eigenvalue weighted by Crippen LogP contribution is 2.25. The van der Waals surface area contributed by atoms with Crippen LogP contribution in [-0.4, -0.2) is 18.0 Å². The third-order valence-corrected chi connectivity index (χ3v) is 3.66. The van der Waals surface area contributed by atoms with Crippen LogP contribution in [-0.2, 0) is 9.59 Å². The second-order valence-corrected chi connectivity index (χ2v) is 5.62. The fraction of sp³-hybridized carbons (Fsp3) is 0. The van der Waals surface area contributed by atoms with E-state index in [-0.39, 0.29) is 10.7 Å². The van der Waals surface area contributed by atoms with Gasteiger partial charge in [-0.3, -0.25) is 9.59 Å².